The average molecular weight is 418 g/mol. The lowest BCUT2D eigenvalue weighted by atomic mass is 10.1. The molecule has 0 atom stereocenters. The van der Waals surface area contributed by atoms with E-state index < -0.39 is 0 Å². The van der Waals surface area contributed by atoms with Crippen LogP contribution in [0.2, 0.25) is 0 Å². The van der Waals surface area contributed by atoms with E-state index in [-0.39, 0.29) is 0 Å². The van der Waals surface area contributed by atoms with Gasteiger partial charge in [-0.3, -0.25) is 0 Å². The van der Waals surface area contributed by atoms with Crippen LogP contribution in [0.1, 0.15) is 12.8 Å². The van der Waals surface area contributed by atoms with Crippen LogP contribution in [-0.4, -0.2) is 39.1 Å². The molecule has 0 N–H and O–H groups in total. The van der Waals surface area contributed by atoms with Gasteiger partial charge in [-0.25, -0.2) is 9.97 Å². The number of rotatable bonds is 4. The Morgan fingerprint density at radius 2 is 1.83 bits per heavy atom. The third kappa shape index (κ3) is 3.12. The van der Waals surface area contributed by atoms with Crippen LogP contribution in [0, 0.1) is 3.57 Å². The Hall–Kier alpha value is -1.47. The molecule has 118 valence electrons. The minimum Gasteiger partial charge on any atom is -0.345 e. The van der Waals surface area contributed by atoms with Gasteiger partial charge in [0.05, 0.1) is 0 Å². The highest BCUT2D eigenvalue weighted by molar-refractivity contribution is 14.1. The van der Waals surface area contributed by atoms with Gasteiger partial charge < -0.3 is 9.47 Å². The molecule has 2 aromatic heterocycles. The Balaban J connectivity index is 1.63. The Labute approximate surface area is 149 Å². The Bertz CT molecular complexity index is 807. The molecule has 4 rings (SSSR count). The summed E-state index contributed by atoms with van der Waals surface area (Å²) >= 11 is 2.43. The molecule has 1 saturated heterocycles. The van der Waals surface area contributed by atoms with Crippen molar-refractivity contribution in [1.29, 1.82) is 0 Å². The van der Waals surface area contributed by atoms with E-state index >= 15 is 0 Å². The van der Waals surface area contributed by atoms with Crippen molar-refractivity contribution in [2.24, 2.45) is 0 Å². The lowest BCUT2D eigenvalue weighted by Crippen LogP contribution is -2.23. The molecular weight excluding hydrogens is 399 g/mol. The van der Waals surface area contributed by atoms with Crippen molar-refractivity contribution in [2.45, 2.75) is 19.4 Å². The van der Waals surface area contributed by atoms with E-state index in [0.29, 0.717) is 0 Å². The highest BCUT2D eigenvalue weighted by Gasteiger charge is 2.13. The first-order chi connectivity index (χ1) is 11.3. The molecular formula is C18H19IN4. The van der Waals surface area contributed by atoms with Crippen molar-refractivity contribution in [2.75, 3.05) is 19.6 Å². The summed E-state index contributed by atoms with van der Waals surface area (Å²) in [6.45, 7) is 4.71. The van der Waals surface area contributed by atoms with Crippen LogP contribution in [0.15, 0.2) is 42.9 Å². The lowest BCUT2D eigenvalue weighted by Gasteiger charge is -2.15. The van der Waals surface area contributed by atoms with Gasteiger partial charge in [0, 0.05) is 51.7 Å². The summed E-state index contributed by atoms with van der Waals surface area (Å²) in [7, 11) is 0. The van der Waals surface area contributed by atoms with E-state index in [9.17, 15) is 0 Å². The molecule has 3 heterocycles. The standard InChI is InChI=1S/C18H19IN4/c19-16-13-23(11-10-22-8-1-2-9-22)17-5-4-14(12-15(16)17)18-20-6-3-7-21-18/h3-7,12-13H,1-2,8-11H2. The zero-order valence-electron chi connectivity index (χ0n) is 13.0. The van der Waals surface area contributed by atoms with Gasteiger partial charge in [-0.2, -0.15) is 0 Å². The van der Waals surface area contributed by atoms with E-state index in [1.165, 1.54) is 40.4 Å². The predicted molar refractivity (Wildman–Crippen MR) is 101 cm³/mol. The van der Waals surface area contributed by atoms with E-state index in [1.54, 1.807) is 12.4 Å². The molecule has 0 unspecified atom stereocenters. The first-order valence-electron chi connectivity index (χ1n) is 8.09. The SMILES string of the molecule is Ic1cn(CCN2CCCC2)c2ccc(-c3ncccn3)cc12. The largest absolute Gasteiger partial charge is 0.345 e. The molecule has 3 aromatic rings. The van der Waals surface area contributed by atoms with Crippen LogP contribution in [0.25, 0.3) is 22.3 Å². The van der Waals surface area contributed by atoms with Gasteiger partial charge in [0.15, 0.2) is 5.82 Å². The maximum absolute atomic E-state index is 4.35. The summed E-state index contributed by atoms with van der Waals surface area (Å²) in [5, 5.41) is 1.29. The van der Waals surface area contributed by atoms with Gasteiger partial charge in [0.2, 0.25) is 0 Å². The van der Waals surface area contributed by atoms with Crippen LogP contribution >= 0.6 is 22.6 Å². The van der Waals surface area contributed by atoms with Gasteiger partial charge in [0.1, 0.15) is 0 Å². The molecule has 0 radical (unpaired) electrons. The zero-order valence-corrected chi connectivity index (χ0v) is 15.1. The third-order valence-corrected chi connectivity index (χ3v) is 5.37. The third-order valence-electron chi connectivity index (χ3n) is 4.51. The molecule has 0 aliphatic carbocycles. The van der Waals surface area contributed by atoms with Crippen LogP contribution in [0.3, 0.4) is 0 Å². The maximum atomic E-state index is 4.35. The molecule has 0 bridgehead atoms. The number of fused-ring (bicyclic) bond motifs is 1. The van der Waals surface area contributed by atoms with Crippen molar-refractivity contribution < 1.29 is 0 Å². The molecule has 0 spiro atoms. The molecule has 1 aromatic carbocycles. The van der Waals surface area contributed by atoms with Gasteiger partial charge in [0.25, 0.3) is 0 Å². The molecule has 4 nitrogen and oxygen atoms in total. The summed E-state index contributed by atoms with van der Waals surface area (Å²) in [6.07, 6.45) is 8.54. The topological polar surface area (TPSA) is 34.0 Å². The van der Waals surface area contributed by atoms with Crippen LogP contribution in [0.4, 0.5) is 0 Å². The first-order valence-corrected chi connectivity index (χ1v) is 9.17. The molecule has 0 amide bonds. The predicted octanol–water partition coefficient (Wildman–Crippen LogP) is 3.80. The lowest BCUT2D eigenvalue weighted by molar-refractivity contribution is 0.324. The van der Waals surface area contributed by atoms with E-state index in [2.05, 4.69) is 66.4 Å². The Kier molecular flexibility index (Phi) is 4.31. The summed E-state index contributed by atoms with van der Waals surface area (Å²) < 4.78 is 3.67. The summed E-state index contributed by atoms with van der Waals surface area (Å²) in [4.78, 5) is 11.3. The smallest absolute Gasteiger partial charge is 0.159 e. The number of likely N-dealkylation sites (tertiary alicyclic amines) is 1. The van der Waals surface area contributed by atoms with Crippen molar-refractivity contribution in [3.05, 3.63) is 46.4 Å². The normalized spacial score (nSPS) is 15.5. The number of hydrogen-bond donors (Lipinski definition) is 0. The number of hydrogen-bond acceptors (Lipinski definition) is 3. The second-order valence-corrected chi connectivity index (χ2v) is 7.19. The average Bonchev–Trinajstić information content (AvgIpc) is 3.22. The fourth-order valence-corrected chi connectivity index (χ4v) is 4.05. The Morgan fingerprint density at radius 1 is 1.04 bits per heavy atom. The first kappa shape index (κ1) is 15.1. The van der Waals surface area contributed by atoms with E-state index in [4.69, 9.17) is 0 Å². The molecule has 1 aliphatic heterocycles. The number of halogens is 1. The highest BCUT2D eigenvalue weighted by atomic mass is 127. The van der Waals surface area contributed by atoms with Crippen molar-refractivity contribution in [1.82, 2.24) is 19.4 Å². The van der Waals surface area contributed by atoms with Crippen LogP contribution in [-0.2, 0) is 6.54 Å². The summed E-state index contributed by atoms with van der Waals surface area (Å²) in [5.74, 6) is 0.787. The van der Waals surface area contributed by atoms with E-state index in [0.717, 1.165) is 24.5 Å². The highest BCUT2D eigenvalue weighted by Crippen LogP contribution is 2.27. The fraction of sp³-hybridized carbons (Fsp3) is 0.333. The zero-order chi connectivity index (χ0) is 15.6. The molecule has 1 fully saturated rings. The second-order valence-electron chi connectivity index (χ2n) is 6.02. The molecule has 5 heteroatoms. The monoisotopic (exact) mass is 418 g/mol. The van der Waals surface area contributed by atoms with Gasteiger partial charge in [-0.15, -0.1) is 0 Å². The van der Waals surface area contributed by atoms with Gasteiger partial charge >= 0.3 is 0 Å². The molecule has 0 saturated carbocycles. The fourth-order valence-electron chi connectivity index (χ4n) is 3.28. The number of aromatic nitrogens is 3. The minimum atomic E-state index is 0.787. The van der Waals surface area contributed by atoms with Crippen molar-refractivity contribution in [3.8, 4) is 11.4 Å². The van der Waals surface area contributed by atoms with Crippen molar-refractivity contribution >= 4 is 33.5 Å². The van der Waals surface area contributed by atoms with Crippen LogP contribution < -0.4 is 0 Å². The second kappa shape index (κ2) is 6.57. The maximum Gasteiger partial charge on any atom is 0.159 e. The van der Waals surface area contributed by atoms with Gasteiger partial charge in [-0.05, 0) is 72.8 Å². The van der Waals surface area contributed by atoms with E-state index in [1.807, 2.05) is 6.07 Å². The Morgan fingerprint density at radius 3 is 2.61 bits per heavy atom. The van der Waals surface area contributed by atoms with Gasteiger partial charge in [-0.1, -0.05) is 0 Å². The quantitative estimate of drug-likeness (QED) is 0.605. The van der Waals surface area contributed by atoms with Crippen molar-refractivity contribution in [3.63, 3.8) is 0 Å². The molecule has 23 heavy (non-hydrogen) atoms. The number of nitrogens with zero attached hydrogens (tertiary/aromatic N) is 4. The minimum absolute atomic E-state index is 0.787. The number of benzene rings is 1. The summed E-state index contributed by atoms with van der Waals surface area (Å²) in [6, 6.07) is 8.38. The molecule has 1 aliphatic rings. The van der Waals surface area contributed by atoms with Crippen LogP contribution in [0.5, 0.6) is 0 Å². The summed E-state index contributed by atoms with van der Waals surface area (Å²) in [5.41, 5.74) is 2.38.